The van der Waals surface area contributed by atoms with Crippen LogP contribution in [0.15, 0.2) is 49.1 Å². The Balaban J connectivity index is 1.98. The van der Waals surface area contributed by atoms with Crippen molar-refractivity contribution in [3.05, 3.63) is 54.6 Å². The van der Waals surface area contributed by atoms with E-state index < -0.39 is 6.10 Å². The van der Waals surface area contributed by atoms with Gasteiger partial charge in [-0.25, -0.2) is 0 Å². The first-order chi connectivity index (χ1) is 9.31. The highest BCUT2D eigenvalue weighted by Crippen LogP contribution is 2.32. The molecule has 1 aromatic rings. The standard InChI is InChI=1S/C18H24O/c1-2-17(16-11-7-4-8-12-16)18(19)14-13-15-9-5-3-6-10-15/h2-3,5-6,9-10,13-14,16-19H,1,4,7-8,11-12H2/b14-13+/t17-,18-/m0/s1. The Morgan fingerprint density at radius 3 is 2.42 bits per heavy atom. The third kappa shape index (κ3) is 4.07. The van der Waals surface area contributed by atoms with Crippen LogP contribution in [0.5, 0.6) is 0 Å². The molecule has 0 unspecified atom stereocenters. The molecular weight excluding hydrogens is 232 g/mol. The summed E-state index contributed by atoms with van der Waals surface area (Å²) in [4.78, 5) is 0. The molecular formula is C18H24O. The second kappa shape index (κ2) is 7.30. The second-order valence-corrected chi connectivity index (χ2v) is 5.47. The highest BCUT2D eigenvalue weighted by molar-refractivity contribution is 5.49. The van der Waals surface area contributed by atoms with Crippen LogP contribution in [0.25, 0.3) is 6.08 Å². The average molecular weight is 256 g/mol. The van der Waals surface area contributed by atoms with E-state index in [-0.39, 0.29) is 5.92 Å². The van der Waals surface area contributed by atoms with Gasteiger partial charge in [0.05, 0.1) is 6.10 Å². The van der Waals surface area contributed by atoms with Crippen LogP contribution in [0.2, 0.25) is 0 Å². The van der Waals surface area contributed by atoms with Crippen molar-refractivity contribution in [1.82, 2.24) is 0 Å². The van der Waals surface area contributed by atoms with Gasteiger partial charge in [0.25, 0.3) is 0 Å². The molecule has 102 valence electrons. The number of hydrogen-bond acceptors (Lipinski definition) is 1. The minimum atomic E-state index is -0.416. The number of rotatable bonds is 5. The molecule has 0 amide bonds. The van der Waals surface area contributed by atoms with E-state index in [0.717, 1.165) is 5.56 Å². The maximum atomic E-state index is 10.4. The van der Waals surface area contributed by atoms with Crippen LogP contribution in [0.3, 0.4) is 0 Å². The van der Waals surface area contributed by atoms with Crippen molar-refractivity contribution in [3.63, 3.8) is 0 Å². The van der Waals surface area contributed by atoms with Crippen LogP contribution in [0.1, 0.15) is 37.7 Å². The van der Waals surface area contributed by atoms with E-state index >= 15 is 0 Å². The lowest BCUT2D eigenvalue weighted by atomic mass is 9.77. The van der Waals surface area contributed by atoms with Crippen molar-refractivity contribution in [1.29, 1.82) is 0 Å². The van der Waals surface area contributed by atoms with Gasteiger partial charge in [-0.3, -0.25) is 0 Å². The summed E-state index contributed by atoms with van der Waals surface area (Å²) in [6.45, 7) is 3.92. The van der Waals surface area contributed by atoms with Crippen molar-refractivity contribution in [2.45, 2.75) is 38.2 Å². The van der Waals surface area contributed by atoms with Crippen LogP contribution in [0.4, 0.5) is 0 Å². The monoisotopic (exact) mass is 256 g/mol. The molecule has 1 aliphatic rings. The zero-order valence-corrected chi connectivity index (χ0v) is 11.5. The normalized spacial score (nSPS) is 20.3. The highest BCUT2D eigenvalue weighted by Gasteiger charge is 2.25. The van der Waals surface area contributed by atoms with Crippen LogP contribution >= 0.6 is 0 Å². The Morgan fingerprint density at radius 2 is 1.79 bits per heavy atom. The first-order valence-electron chi connectivity index (χ1n) is 7.35. The van der Waals surface area contributed by atoms with Crippen molar-refractivity contribution in [2.75, 3.05) is 0 Å². The molecule has 0 aromatic heterocycles. The lowest BCUT2D eigenvalue weighted by Gasteiger charge is -2.30. The fraction of sp³-hybridized carbons (Fsp3) is 0.444. The summed E-state index contributed by atoms with van der Waals surface area (Å²) < 4.78 is 0. The lowest BCUT2D eigenvalue weighted by Crippen LogP contribution is -2.26. The fourth-order valence-corrected chi connectivity index (χ4v) is 3.03. The largest absolute Gasteiger partial charge is 0.388 e. The summed E-state index contributed by atoms with van der Waals surface area (Å²) in [6.07, 6.45) is 11.8. The van der Waals surface area contributed by atoms with Crippen molar-refractivity contribution in [3.8, 4) is 0 Å². The first kappa shape index (κ1) is 14.1. The number of aliphatic hydroxyl groups excluding tert-OH is 1. The molecule has 0 heterocycles. The Hall–Kier alpha value is -1.34. The van der Waals surface area contributed by atoms with E-state index in [1.807, 2.05) is 48.6 Å². The van der Waals surface area contributed by atoms with Gasteiger partial charge in [-0.05, 0) is 24.3 Å². The molecule has 1 fully saturated rings. The van der Waals surface area contributed by atoms with E-state index in [2.05, 4.69) is 6.58 Å². The van der Waals surface area contributed by atoms with Gasteiger partial charge in [-0.2, -0.15) is 0 Å². The van der Waals surface area contributed by atoms with Crippen molar-refractivity contribution < 1.29 is 5.11 Å². The van der Waals surface area contributed by atoms with E-state index in [1.165, 1.54) is 32.1 Å². The third-order valence-electron chi connectivity index (χ3n) is 4.15. The Kier molecular flexibility index (Phi) is 5.41. The predicted molar refractivity (Wildman–Crippen MR) is 81.7 cm³/mol. The van der Waals surface area contributed by atoms with E-state index in [1.54, 1.807) is 0 Å². The molecule has 1 aliphatic carbocycles. The molecule has 1 heteroatoms. The number of aliphatic hydroxyl groups is 1. The summed E-state index contributed by atoms with van der Waals surface area (Å²) in [5.41, 5.74) is 1.13. The van der Waals surface area contributed by atoms with Crippen LogP contribution in [-0.2, 0) is 0 Å². The molecule has 0 aliphatic heterocycles. The zero-order chi connectivity index (χ0) is 13.5. The molecule has 0 radical (unpaired) electrons. The summed E-state index contributed by atoms with van der Waals surface area (Å²) in [6, 6.07) is 10.1. The minimum Gasteiger partial charge on any atom is -0.388 e. The number of hydrogen-bond donors (Lipinski definition) is 1. The first-order valence-corrected chi connectivity index (χ1v) is 7.35. The van der Waals surface area contributed by atoms with E-state index in [4.69, 9.17) is 0 Å². The lowest BCUT2D eigenvalue weighted by molar-refractivity contribution is 0.123. The molecule has 0 spiro atoms. The van der Waals surface area contributed by atoms with Crippen LogP contribution in [0, 0.1) is 11.8 Å². The number of benzene rings is 1. The van der Waals surface area contributed by atoms with Gasteiger partial charge in [0, 0.05) is 5.92 Å². The van der Waals surface area contributed by atoms with Gasteiger partial charge in [0.2, 0.25) is 0 Å². The van der Waals surface area contributed by atoms with Gasteiger partial charge in [0.1, 0.15) is 0 Å². The quantitative estimate of drug-likeness (QED) is 0.772. The van der Waals surface area contributed by atoms with Gasteiger partial charge < -0.3 is 5.11 Å². The molecule has 2 atom stereocenters. The topological polar surface area (TPSA) is 20.2 Å². The van der Waals surface area contributed by atoms with Gasteiger partial charge in [0.15, 0.2) is 0 Å². The van der Waals surface area contributed by atoms with Gasteiger partial charge >= 0.3 is 0 Å². The average Bonchev–Trinajstić information content (AvgIpc) is 2.48. The summed E-state index contributed by atoms with van der Waals surface area (Å²) in [5.74, 6) is 0.793. The van der Waals surface area contributed by atoms with Crippen molar-refractivity contribution in [2.24, 2.45) is 11.8 Å². The molecule has 19 heavy (non-hydrogen) atoms. The smallest absolute Gasteiger partial charge is 0.0789 e. The molecule has 1 N–H and O–H groups in total. The maximum Gasteiger partial charge on any atom is 0.0789 e. The molecule has 2 rings (SSSR count). The van der Waals surface area contributed by atoms with Crippen LogP contribution in [-0.4, -0.2) is 11.2 Å². The Labute approximate surface area is 116 Å². The fourth-order valence-electron chi connectivity index (χ4n) is 3.03. The molecule has 0 bridgehead atoms. The van der Waals surface area contributed by atoms with Crippen LogP contribution < -0.4 is 0 Å². The van der Waals surface area contributed by atoms with E-state index in [9.17, 15) is 5.11 Å². The summed E-state index contributed by atoms with van der Waals surface area (Å²) in [7, 11) is 0. The molecule has 1 aromatic carbocycles. The molecule has 1 nitrogen and oxygen atoms in total. The van der Waals surface area contributed by atoms with Gasteiger partial charge in [-0.15, -0.1) is 6.58 Å². The Bertz CT molecular complexity index is 401. The zero-order valence-electron chi connectivity index (χ0n) is 11.5. The van der Waals surface area contributed by atoms with E-state index in [0.29, 0.717) is 5.92 Å². The second-order valence-electron chi connectivity index (χ2n) is 5.47. The predicted octanol–water partition coefficient (Wildman–Crippen LogP) is 4.44. The molecule has 1 saturated carbocycles. The Morgan fingerprint density at radius 1 is 1.11 bits per heavy atom. The van der Waals surface area contributed by atoms with Crippen molar-refractivity contribution >= 4 is 6.08 Å². The SMILES string of the molecule is C=C[C@@H](C1CCCCC1)[C@@H](O)/C=C/c1ccccc1. The summed E-state index contributed by atoms with van der Waals surface area (Å²) in [5, 5.41) is 10.4. The summed E-state index contributed by atoms with van der Waals surface area (Å²) >= 11 is 0. The highest BCUT2D eigenvalue weighted by atomic mass is 16.3. The molecule has 0 saturated heterocycles. The maximum absolute atomic E-state index is 10.4. The third-order valence-corrected chi connectivity index (χ3v) is 4.15. The minimum absolute atomic E-state index is 0.195. The van der Waals surface area contributed by atoms with Gasteiger partial charge in [-0.1, -0.05) is 67.8 Å².